The zero-order valence-electron chi connectivity index (χ0n) is 20.0. The Morgan fingerprint density at radius 3 is 2.09 bits per heavy atom. The van der Waals surface area contributed by atoms with Crippen LogP contribution < -0.4 is 4.74 Å². The summed E-state index contributed by atoms with van der Waals surface area (Å²) in [6.45, 7) is 3.19. The van der Waals surface area contributed by atoms with E-state index in [0.717, 1.165) is 69.3 Å². The first kappa shape index (κ1) is 23.7. The van der Waals surface area contributed by atoms with Gasteiger partial charge in [0.25, 0.3) is 0 Å². The molecule has 0 aromatic heterocycles. The Balaban J connectivity index is 1.13. The topological polar surface area (TPSA) is 21.8 Å². The number of hydrogen-bond acceptors (Lipinski definition) is 2. The fourth-order valence-electron chi connectivity index (χ4n) is 6.01. The number of ether oxygens (including phenoxy) is 2. The van der Waals surface area contributed by atoms with E-state index in [1.807, 2.05) is 12.1 Å². The lowest BCUT2D eigenvalue weighted by molar-refractivity contribution is 0.192. The van der Waals surface area contributed by atoms with Crippen molar-refractivity contribution in [1.82, 2.24) is 0 Å². The molecule has 0 N–H and O–H groups in total. The molecule has 5 rings (SSSR count). The minimum atomic E-state index is -0.848. The number of hydrogen-bond donors (Lipinski definition) is 0. The largest absolute Gasteiger partial charge is 0.490 e. The Labute approximate surface area is 200 Å². The highest BCUT2D eigenvalue weighted by Gasteiger charge is 2.30. The summed E-state index contributed by atoms with van der Waals surface area (Å²) in [5, 5.41) is 0. The molecular weight excluding hydrogens is 437 g/mol. The van der Waals surface area contributed by atoms with Crippen molar-refractivity contribution in [3.8, 4) is 5.75 Å². The van der Waals surface area contributed by atoms with E-state index in [9.17, 15) is 13.2 Å². The van der Waals surface area contributed by atoms with Gasteiger partial charge in [-0.25, -0.2) is 8.78 Å². The Morgan fingerprint density at radius 2 is 1.44 bits per heavy atom. The molecule has 184 valence electrons. The van der Waals surface area contributed by atoms with E-state index in [0.29, 0.717) is 36.2 Å². The summed E-state index contributed by atoms with van der Waals surface area (Å²) in [5.41, 5.74) is 2.20. The van der Waals surface area contributed by atoms with Crippen molar-refractivity contribution >= 4 is 0 Å². The molecule has 5 heteroatoms. The van der Waals surface area contributed by atoms with Gasteiger partial charge in [0, 0.05) is 5.56 Å². The van der Waals surface area contributed by atoms with Gasteiger partial charge in [0.15, 0.2) is 11.6 Å². The number of benzene rings is 2. The van der Waals surface area contributed by atoms with Crippen molar-refractivity contribution in [2.24, 2.45) is 11.8 Å². The van der Waals surface area contributed by atoms with Gasteiger partial charge in [0.2, 0.25) is 5.82 Å². The van der Waals surface area contributed by atoms with Crippen molar-refractivity contribution in [2.75, 3.05) is 13.2 Å². The molecule has 0 bridgehead atoms. The summed E-state index contributed by atoms with van der Waals surface area (Å²) in [6.07, 6.45) is 8.90. The number of halogens is 3. The Kier molecular flexibility index (Phi) is 7.19. The molecule has 0 amide bonds. The molecular formula is C29H35F3O2. The molecule has 2 aliphatic carbocycles. The quantitative estimate of drug-likeness (QED) is 0.379. The van der Waals surface area contributed by atoms with Crippen LogP contribution in [0.4, 0.5) is 13.2 Å². The predicted octanol–water partition coefficient (Wildman–Crippen LogP) is 8.21. The summed E-state index contributed by atoms with van der Waals surface area (Å²) in [6, 6.07) is 8.88. The maximum Gasteiger partial charge on any atom is 0.200 e. The molecule has 0 radical (unpaired) electrons. The molecule has 1 aliphatic heterocycles. The molecule has 1 unspecified atom stereocenters. The van der Waals surface area contributed by atoms with Gasteiger partial charge in [0.05, 0.1) is 13.2 Å². The molecule has 34 heavy (non-hydrogen) atoms. The van der Waals surface area contributed by atoms with Crippen LogP contribution in [0, 0.1) is 29.3 Å². The first-order valence-corrected chi connectivity index (χ1v) is 13.0. The zero-order chi connectivity index (χ0) is 23.7. The first-order chi connectivity index (χ1) is 16.5. The lowest BCUT2D eigenvalue weighted by Gasteiger charge is -2.29. The summed E-state index contributed by atoms with van der Waals surface area (Å²) in [7, 11) is 0. The molecule has 1 saturated heterocycles. The molecule has 2 aromatic rings. The van der Waals surface area contributed by atoms with Crippen LogP contribution in [-0.2, 0) is 4.74 Å². The van der Waals surface area contributed by atoms with E-state index < -0.39 is 11.6 Å². The summed E-state index contributed by atoms with van der Waals surface area (Å²) >= 11 is 0. The molecule has 1 heterocycles. The van der Waals surface area contributed by atoms with E-state index >= 15 is 0 Å². The molecule has 0 spiro atoms. The second-order valence-corrected chi connectivity index (χ2v) is 10.5. The minimum absolute atomic E-state index is 0.0190. The highest BCUT2D eigenvalue weighted by Crippen LogP contribution is 2.41. The van der Waals surface area contributed by atoms with Gasteiger partial charge in [-0.1, -0.05) is 31.5 Å². The van der Waals surface area contributed by atoms with Gasteiger partial charge in [0.1, 0.15) is 11.9 Å². The van der Waals surface area contributed by atoms with E-state index in [1.165, 1.54) is 0 Å². The fourth-order valence-corrected chi connectivity index (χ4v) is 6.01. The standard InChI is InChI=1S/C29H35F3O2/c1-2-18-3-9-21(10-4-18)23-13-14-26(29(32)28(23)31)33-16-19-5-7-20(8-6-19)22-11-12-24(25(30)15-22)27-17-34-27/h11-15,18-21,27H,2-10,16-17H2,1H3. The van der Waals surface area contributed by atoms with E-state index in [2.05, 4.69) is 6.92 Å². The van der Waals surface area contributed by atoms with Crippen molar-refractivity contribution in [2.45, 2.75) is 82.7 Å². The van der Waals surface area contributed by atoms with E-state index in [4.69, 9.17) is 9.47 Å². The number of epoxide rings is 1. The van der Waals surface area contributed by atoms with Crippen LogP contribution in [0.3, 0.4) is 0 Å². The lowest BCUT2D eigenvalue weighted by Crippen LogP contribution is -2.20. The van der Waals surface area contributed by atoms with Crippen LogP contribution in [-0.4, -0.2) is 13.2 Å². The van der Waals surface area contributed by atoms with Gasteiger partial charge in [-0.2, -0.15) is 4.39 Å². The second-order valence-electron chi connectivity index (χ2n) is 10.5. The van der Waals surface area contributed by atoms with Crippen LogP contribution >= 0.6 is 0 Å². The van der Waals surface area contributed by atoms with Crippen LogP contribution in [0.5, 0.6) is 5.75 Å². The summed E-state index contributed by atoms with van der Waals surface area (Å²) in [4.78, 5) is 0. The molecule has 3 aliphatic rings. The highest BCUT2D eigenvalue weighted by molar-refractivity contribution is 5.33. The van der Waals surface area contributed by atoms with E-state index in [-0.39, 0.29) is 23.6 Å². The summed E-state index contributed by atoms with van der Waals surface area (Å²) in [5.74, 6) is -0.282. The lowest BCUT2D eigenvalue weighted by atomic mass is 9.77. The van der Waals surface area contributed by atoms with Crippen molar-refractivity contribution < 1.29 is 22.6 Å². The van der Waals surface area contributed by atoms with E-state index in [1.54, 1.807) is 18.2 Å². The molecule has 2 nitrogen and oxygen atoms in total. The number of rotatable bonds is 7. The summed E-state index contributed by atoms with van der Waals surface area (Å²) < 4.78 is 55.0. The average Bonchev–Trinajstić information content (AvgIpc) is 3.71. The SMILES string of the molecule is CCC1CCC(c2ccc(OCC3CCC(c4ccc(C5CO5)c(F)c4)CC3)c(F)c2F)CC1. The molecule has 2 saturated carbocycles. The molecule has 1 atom stereocenters. The monoisotopic (exact) mass is 472 g/mol. The van der Waals surface area contributed by atoms with Crippen molar-refractivity contribution in [3.63, 3.8) is 0 Å². The fraction of sp³-hybridized carbons (Fsp3) is 0.586. The maximum atomic E-state index is 14.9. The van der Waals surface area contributed by atoms with Gasteiger partial charge in [-0.3, -0.25) is 0 Å². The second kappa shape index (κ2) is 10.3. The van der Waals surface area contributed by atoms with Crippen LogP contribution in [0.1, 0.15) is 99.3 Å². The van der Waals surface area contributed by atoms with Gasteiger partial charge >= 0.3 is 0 Å². The molecule has 3 fully saturated rings. The van der Waals surface area contributed by atoms with Crippen molar-refractivity contribution in [1.29, 1.82) is 0 Å². The third kappa shape index (κ3) is 5.15. The minimum Gasteiger partial charge on any atom is -0.490 e. The Morgan fingerprint density at radius 1 is 0.794 bits per heavy atom. The first-order valence-electron chi connectivity index (χ1n) is 13.0. The maximum absolute atomic E-state index is 14.9. The van der Waals surface area contributed by atoms with Crippen LogP contribution in [0.2, 0.25) is 0 Å². The van der Waals surface area contributed by atoms with Gasteiger partial charge < -0.3 is 9.47 Å². The predicted molar refractivity (Wildman–Crippen MR) is 127 cm³/mol. The van der Waals surface area contributed by atoms with Crippen LogP contribution in [0.15, 0.2) is 30.3 Å². The zero-order valence-corrected chi connectivity index (χ0v) is 20.0. The average molecular weight is 473 g/mol. The molecule has 2 aromatic carbocycles. The smallest absolute Gasteiger partial charge is 0.200 e. The Bertz CT molecular complexity index is 987. The highest BCUT2D eigenvalue weighted by atomic mass is 19.2. The van der Waals surface area contributed by atoms with Crippen LogP contribution in [0.25, 0.3) is 0 Å². The van der Waals surface area contributed by atoms with Gasteiger partial charge in [-0.05, 0) is 98.3 Å². The third-order valence-electron chi connectivity index (χ3n) is 8.44. The third-order valence-corrected chi connectivity index (χ3v) is 8.44. The normalized spacial score (nSPS) is 29.1. The van der Waals surface area contributed by atoms with Gasteiger partial charge in [-0.15, -0.1) is 0 Å². The Hall–Kier alpha value is -2.01. The van der Waals surface area contributed by atoms with Crippen molar-refractivity contribution in [3.05, 3.63) is 64.5 Å².